The highest BCUT2D eigenvalue weighted by Crippen LogP contribution is 2.31. The third-order valence-electron chi connectivity index (χ3n) is 10.7. The van der Waals surface area contributed by atoms with Crippen molar-refractivity contribution in [1.82, 2.24) is 25.8 Å². The molecule has 0 radical (unpaired) electrons. The summed E-state index contributed by atoms with van der Waals surface area (Å²) < 4.78 is 31.2. The number of amides is 4. The molecule has 9 atom stereocenters. The summed E-state index contributed by atoms with van der Waals surface area (Å²) in [6.07, 6.45) is 0.108. The zero-order valence-electron chi connectivity index (χ0n) is 33.5. The van der Waals surface area contributed by atoms with Crippen molar-refractivity contribution < 1.29 is 37.8 Å². The molecule has 1 aromatic rings. The van der Waals surface area contributed by atoms with E-state index in [1.807, 2.05) is 47.6 Å². The Morgan fingerprint density at radius 2 is 1.63 bits per heavy atom. The van der Waals surface area contributed by atoms with E-state index in [0.29, 0.717) is 25.9 Å². The number of likely N-dealkylation sites (tertiary alicyclic amines) is 1. The lowest BCUT2D eigenvalue weighted by molar-refractivity contribution is -0.147. The van der Waals surface area contributed by atoms with Crippen LogP contribution in [0.4, 0.5) is 4.39 Å². The highest BCUT2D eigenvalue weighted by molar-refractivity contribution is 5.90. The summed E-state index contributed by atoms with van der Waals surface area (Å²) in [6.45, 7) is 14.1. The van der Waals surface area contributed by atoms with Gasteiger partial charge in [0.15, 0.2) is 0 Å². The Balaban J connectivity index is 2.28. The summed E-state index contributed by atoms with van der Waals surface area (Å²) in [6, 6.07) is 4.11. The van der Waals surface area contributed by atoms with Crippen LogP contribution >= 0.6 is 0 Å². The van der Waals surface area contributed by atoms with Gasteiger partial charge in [-0.3, -0.25) is 19.2 Å². The second-order valence-electron chi connectivity index (χ2n) is 14.9. The standard InChI is InChI=1S/C39H66FN5O7/c1-13-25(6)35(44(9)39(49)34(24(4)5)43-38(48)33(41-8)23(2)3)31(51-11)21-32(46)45-22-29(50-10)20-30(45)36(52-12)26(7)37(47)42-18-17-27-15-14-16-28(40)19-27/h14-16,19,23-26,29-31,33-36,41H,13,17-18,20-22H2,1-12H3,(H,42,47)(H,43,48)/t25-,26+,29+,30+,31+,33-,34?,35-,36+/m0/s1. The monoisotopic (exact) mass is 735 g/mol. The molecule has 1 fully saturated rings. The fourth-order valence-electron chi connectivity index (χ4n) is 7.38. The van der Waals surface area contributed by atoms with Gasteiger partial charge in [-0.05, 0) is 55.3 Å². The minimum atomic E-state index is -0.777. The van der Waals surface area contributed by atoms with Gasteiger partial charge in [0.2, 0.25) is 23.6 Å². The maximum atomic E-state index is 14.3. The Morgan fingerprint density at radius 1 is 0.981 bits per heavy atom. The SMILES string of the molecule is CC[C@H](C)[C@@H]([C@@H](CC(=O)N1C[C@H](OC)C[C@@H]1[C@H](OC)[C@@H](C)C(=O)NCCc1cccc(F)c1)OC)N(C)C(=O)C(NC(=O)[C@@H](NC)C(C)C)C(C)C. The normalized spacial score (nSPS) is 20.2. The summed E-state index contributed by atoms with van der Waals surface area (Å²) in [5, 5.41) is 8.96. The van der Waals surface area contributed by atoms with E-state index in [4.69, 9.17) is 14.2 Å². The van der Waals surface area contributed by atoms with Gasteiger partial charge < -0.3 is 40.0 Å². The van der Waals surface area contributed by atoms with Gasteiger partial charge in [-0.2, -0.15) is 0 Å². The van der Waals surface area contributed by atoms with Gasteiger partial charge >= 0.3 is 0 Å². The predicted molar refractivity (Wildman–Crippen MR) is 200 cm³/mol. The second-order valence-corrected chi connectivity index (χ2v) is 14.9. The lowest BCUT2D eigenvalue weighted by Gasteiger charge is -2.41. The minimum absolute atomic E-state index is 0.0193. The van der Waals surface area contributed by atoms with Crippen LogP contribution in [0.25, 0.3) is 0 Å². The number of carbonyl (C=O) groups is 4. The molecule has 52 heavy (non-hydrogen) atoms. The molecule has 12 nitrogen and oxygen atoms in total. The Hall–Kier alpha value is -3.13. The van der Waals surface area contributed by atoms with Gasteiger partial charge in [0.1, 0.15) is 11.9 Å². The van der Waals surface area contributed by atoms with Crippen molar-refractivity contribution in [2.24, 2.45) is 23.7 Å². The van der Waals surface area contributed by atoms with E-state index in [2.05, 4.69) is 16.0 Å². The maximum Gasteiger partial charge on any atom is 0.245 e. The number of carbonyl (C=O) groups excluding carboxylic acids is 4. The van der Waals surface area contributed by atoms with Crippen LogP contribution in [0.2, 0.25) is 0 Å². The number of benzene rings is 1. The molecule has 1 unspecified atom stereocenters. The molecule has 13 heteroatoms. The predicted octanol–water partition coefficient (Wildman–Crippen LogP) is 3.41. The molecule has 0 aliphatic carbocycles. The van der Waals surface area contributed by atoms with Gasteiger partial charge in [-0.15, -0.1) is 0 Å². The van der Waals surface area contributed by atoms with Crippen LogP contribution < -0.4 is 16.0 Å². The van der Waals surface area contributed by atoms with Gasteiger partial charge in [-0.25, -0.2) is 4.39 Å². The molecule has 296 valence electrons. The molecular weight excluding hydrogens is 669 g/mol. The molecule has 1 heterocycles. The average molecular weight is 736 g/mol. The molecule has 3 N–H and O–H groups in total. The van der Waals surface area contributed by atoms with Crippen molar-refractivity contribution >= 4 is 23.6 Å². The van der Waals surface area contributed by atoms with Crippen molar-refractivity contribution in [2.45, 2.75) is 117 Å². The number of likely N-dealkylation sites (N-methyl/N-ethyl adjacent to an activating group) is 2. The number of ether oxygens (including phenoxy) is 3. The van der Waals surface area contributed by atoms with Crippen LogP contribution in [0.1, 0.15) is 73.3 Å². The summed E-state index contributed by atoms with van der Waals surface area (Å²) in [5.74, 6) is -2.07. The summed E-state index contributed by atoms with van der Waals surface area (Å²) in [7, 11) is 8.11. The van der Waals surface area contributed by atoms with E-state index in [9.17, 15) is 23.6 Å². The third-order valence-corrected chi connectivity index (χ3v) is 10.7. The molecule has 0 saturated carbocycles. The lowest BCUT2D eigenvalue weighted by atomic mass is 9.89. The van der Waals surface area contributed by atoms with Crippen LogP contribution in [0, 0.1) is 29.5 Å². The van der Waals surface area contributed by atoms with Crippen molar-refractivity contribution in [1.29, 1.82) is 0 Å². The Labute approximate surface area is 311 Å². The summed E-state index contributed by atoms with van der Waals surface area (Å²) in [4.78, 5) is 58.3. The molecule has 1 aliphatic rings. The smallest absolute Gasteiger partial charge is 0.245 e. The van der Waals surface area contributed by atoms with Crippen LogP contribution in [0.15, 0.2) is 24.3 Å². The van der Waals surface area contributed by atoms with Gasteiger partial charge in [0.05, 0.1) is 48.8 Å². The fraction of sp³-hybridized carbons (Fsp3) is 0.744. The molecule has 0 aromatic heterocycles. The number of methoxy groups -OCH3 is 3. The first-order valence-electron chi connectivity index (χ1n) is 18.7. The maximum absolute atomic E-state index is 14.3. The number of hydrogen-bond acceptors (Lipinski definition) is 8. The Bertz CT molecular complexity index is 1300. The first-order chi connectivity index (χ1) is 24.6. The first kappa shape index (κ1) is 45.0. The zero-order chi connectivity index (χ0) is 39.3. The summed E-state index contributed by atoms with van der Waals surface area (Å²) in [5.41, 5.74) is 0.778. The molecule has 1 aromatic carbocycles. The highest BCUT2D eigenvalue weighted by atomic mass is 19.1. The van der Waals surface area contributed by atoms with Gasteiger partial charge in [-0.1, -0.05) is 67.0 Å². The van der Waals surface area contributed by atoms with Crippen LogP contribution in [0.3, 0.4) is 0 Å². The molecule has 0 bridgehead atoms. The van der Waals surface area contributed by atoms with Crippen LogP contribution in [-0.2, 0) is 39.8 Å². The highest BCUT2D eigenvalue weighted by Gasteiger charge is 2.45. The topological polar surface area (TPSA) is 139 Å². The van der Waals surface area contributed by atoms with Crippen LogP contribution in [0.5, 0.6) is 0 Å². The fourth-order valence-corrected chi connectivity index (χ4v) is 7.38. The number of nitrogens with zero attached hydrogens (tertiary/aromatic N) is 2. The Morgan fingerprint density at radius 3 is 2.15 bits per heavy atom. The van der Waals surface area contributed by atoms with Crippen molar-refractivity contribution in [3.63, 3.8) is 0 Å². The Kier molecular flexibility index (Phi) is 18.7. The van der Waals surface area contributed by atoms with E-state index in [0.717, 1.165) is 12.0 Å². The third kappa shape index (κ3) is 11.9. The molecular formula is C39H66FN5O7. The molecule has 1 saturated heterocycles. The van der Waals surface area contributed by atoms with Crippen LogP contribution in [-0.4, -0.2) is 124 Å². The lowest BCUT2D eigenvalue weighted by Crippen LogP contribution is -2.59. The molecule has 4 amide bonds. The molecule has 2 rings (SSSR count). The van der Waals surface area contributed by atoms with E-state index >= 15 is 0 Å². The number of hydrogen-bond donors (Lipinski definition) is 3. The van der Waals surface area contributed by atoms with Crippen molar-refractivity contribution in [3.05, 3.63) is 35.6 Å². The number of halogens is 1. The largest absolute Gasteiger partial charge is 0.380 e. The number of nitrogens with one attached hydrogen (secondary N) is 3. The van der Waals surface area contributed by atoms with Gasteiger partial charge in [0, 0.05) is 41.5 Å². The quantitative estimate of drug-likeness (QED) is 0.175. The van der Waals surface area contributed by atoms with E-state index in [1.54, 1.807) is 51.1 Å². The van der Waals surface area contributed by atoms with E-state index in [-0.39, 0.29) is 59.7 Å². The van der Waals surface area contributed by atoms with E-state index in [1.165, 1.54) is 19.2 Å². The van der Waals surface area contributed by atoms with Crippen molar-refractivity contribution in [3.8, 4) is 0 Å². The van der Waals surface area contributed by atoms with Crippen molar-refractivity contribution in [2.75, 3.05) is 48.5 Å². The van der Waals surface area contributed by atoms with Gasteiger partial charge in [0.25, 0.3) is 0 Å². The molecule has 0 spiro atoms. The minimum Gasteiger partial charge on any atom is -0.380 e. The molecule has 1 aliphatic heterocycles. The van der Waals surface area contributed by atoms with E-state index < -0.39 is 42.3 Å². The zero-order valence-corrected chi connectivity index (χ0v) is 33.5. The second kappa shape index (κ2) is 21.5. The summed E-state index contributed by atoms with van der Waals surface area (Å²) >= 11 is 0. The average Bonchev–Trinajstić information content (AvgIpc) is 3.54. The first-order valence-corrected chi connectivity index (χ1v) is 18.7. The number of rotatable bonds is 21.